The molecule has 140 valence electrons. The zero-order valence-electron chi connectivity index (χ0n) is 13.3. The Morgan fingerprint density at radius 3 is 2.67 bits per heavy atom. The van der Waals surface area contributed by atoms with Crippen molar-refractivity contribution in [3.8, 4) is 0 Å². The van der Waals surface area contributed by atoms with Crippen LogP contribution >= 0.6 is 29.3 Å². The first-order valence-corrected chi connectivity index (χ1v) is 11.9. The topological polar surface area (TPSA) is 119 Å². The lowest BCUT2D eigenvalue weighted by Crippen LogP contribution is -2.38. The van der Waals surface area contributed by atoms with Gasteiger partial charge in [-0.05, 0) is 31.1 Å². The van der Waals surface area contributed by atoms with Crippen LogP contribution < -0.4 is 5.32 Å². The van der Waals surface area contributed by atoms with Crippen molar-refractivity contribution < 1.29 is 29.0 Å². The quantitative estimate of drug-likeness (QED) is 0.149. The summed E-state index contributed by atoms with van der Waals surface area (Å²) in [4.78, 5) is 43.1. The fourth-order valence-electron chi connectivity index (χ4n) is 2.54. The summed E-state index contributed by atoms with van der Waals surface area (Å²) in [6, 6.07) is -0.392. The number of hydrogen-bond donors (Lipinski definition) is 4. The number of aliphatic hydroxyl groups is 1. The second kappa shape index (κ2) is 11.0. The maximum Gasteiger partial charge on any atom is 0.321 e. The Morgan fingerprint density at radius 1 is 1.33 bits per heavy atom. The fraction of sp³-hybridized carbons (Fsp3) is 0.846. The van der Waals surface area contributed by atoms with Gasteiger partial charge in [0.1, 0.15) is 0 Å². The van der Waals surface area contributed by atoms with Gasteiger partial charge < -0.3 is 29.6 Å². The molecule has 0 aromatic rings. The fourth-order valence-corrected chi connectivity index (χ4v) is 3.35. The molecule has 1 fully saturated rings. The van der Waals surface area contributed by atoms with Gasteiger partial charge in [0.2, 0.25) is 11.8 Å². The van der Waals surface area contributed by atoms with Crippen LogP contribution in [0.1, 0.15) is 32.1 Å². The molecule has 1 rings (SSSR count). The second-order valence-electron chi connectivity index (χ2n) is 5.67. The maximum absolute atomic E-state index is 12.3. The van der Waals surface area contributed by atoms with Crippen molar-refractivity contribution in [2.45, 2.75) is 44.2 Å². The number of unbranched alkanes of at least 4 members (excludes halogenated alkanes) is 2. The monoisotopic (exact) mass is 494 g/mol. The molecule has 2 atom stereocenters. The van der Waals surface area contributed by atoms with E-state index in [2.05, 4.69) is 17.1 Å². The number of likely N-dealkylation sites (tertiary alicyclic amines) is 1. The summed E-state index contributed by atoms with van der Waals surface area (Å²) in [5.41, 5.74) is 0. The number of alkyl halides is 1. The molecule has 0 aromatic carbocycles. The smallest absolute Gasteiger partial charge is 0.321 e. The molecule has 0 radical (unpaired) electrons. The third-order valence-electron chi connectivity index (χ3n) is 3.66. The highest BCUT2D eigenvalue weighted by Gasteiger charge is 2.34. The number of hydrogen-bond acceptors (Lipinski definition) is 5. The predicted molar refractivity (Wildman–Crippen MR) is 101 cm³/mol. The van der Waals surface area contributed by atoms with Gasteiger partial charge in [0.05, 0.1) is 23.2 Å². The van der Waals surface area contributed by atoms with Crippen LogP contribution in [-0.2, 0) is 25.9 Å². The molecule has 1 heterocycles. The molecule has 0 bridgehead atoms. The van der Waals surface area contributed by atoms with E-state index in [-0.39, 0.29) is 25.0 Å². The van der Waals surface area contributed by atoms with Crippen LogP contribution in [0.15, 0.2) is 0 Å². The van der Waals surface area contributed by atoms with E-state index in [1.165, 1.54) is 4.90 Å². The number of halogens is 1. The number of nitrogens with zero attached hydrogens (tertiary/aromatic N) is 1. The van der Waals surface area contributed by atoms with Gasteiger partial charge in [-0.15, -0.1) is 0 Å². The Balaban J connectivity index is 2.29. The van der Waals surface area contributed by atoms with Crippen LogP contribution in [0.3, 0.4) is 0 Å². The predicted octanol–water partition coefficient (Wildman–Crippen LogP) is 0.285. The third kappa shape index (κ3) is 9.02. The van der Waals surface area contributed by atoms with Crippen LogP contribution in [0.5, 0.6) is 0 Å². The molecule has 24 heavy (non-hydrogen) atoms. The first kappa shape index (κ1) is 22.2. The van der Waals surface area contributed by atoms with E-state index < -0.39 is 18.9 Å². The van der Waals surface area contributed by atoms with Gasteiger partial charge in [-0.3, -0.25) is 9.59 Å². The Hall–Kier alpha value is 0.160. The largest absolute Gasteiger partial charge is 0.391 e. The molecule has 8 nitrogen and oxygen atoms in total. The minimum absolute atomic E-state index is 0.00833. The molecule has 1 aliphatic heterocycles. The molecular weight excluding hydrogens is 470 g/mol. The summed E-state index contributed by atoms with van der Waals surface area (Å²) >= 11 is 6.39. The molecule has 1 aliphatic rings. The third-order valence-corrected chi connectivity index (χ3v) is 5.15. The van der Waals surface area contributed by atoms with Crippen LogP contribution in [0.2, 0.25) is 0 Å². The number of rotatable bonds is 10. The summed E-state index contributed by atoms with van der Waals surface area (Å²) in [5, 5.41) is 12.5. The number of amides is 2. The average molecular weight is 494 g/mol. The minimum Gasteiger partial charge on any atom is -0.391 e. The SMILES string of the molecule is O=C(CI)NCCCCCC(=O)N1C[C@H](O)C[C@H]1COP(O)(O)=S. The summed E-state index contributed by atoms with van der Waals surface area (Å²) in [5.74, 6) is -0.0883. The van der Waals surface area contributed by atoms with Gasteiger partial charge in [0.25, 0.3) is 0 Å². The molecule has 0 spiro atoms. The lowest BCUT2D eigenvalue weighted by atomic mass is 10.1. The molecule has 0 aromatic heterocycles. The zero-order valence-corrected chi connectivity index (χ0v) is 17.1. The van der Waals surface area contributed by atoms with Crippen molar-refractivity contribution in [2.75, 3.05) is 24.1 Å². The second-order valence-corrected chi connectivity index (χ2v) is 9.10. The first-order chi connectivity index (χ1) is 11.2. The van der Waals surface area contributed by atoms with Gasteiger partial charge in [-0.25, -0.2) is 0 Å². The standard InChI is InChI=1S/C13H24IN2O6PS/c14-7-12(18)15-5-3-1-2-4-13(19)16-8-11(17)6-10(16)9-22-23(20,21)24/h10-11,17H,1-9H2,(H,15,18)(H2,20,21,24)/t10-,11+/m0/s1. The Bertz CT molecular complexity index is 477. The Labute approximate surface area is 160 Å². The molecule has 0 unspecified atom stereocenters. The van der Waals surface area contributed by atoms with Gasteiger partial charge in [0, 0.05) is 19.5 Å². The van der Waals surface area contributed by atoms with Gasteiger partial charge in [0.15, 0.2) is 0 Å². The molecule has 1 saturated heterocycles. The van der Waals surface area contributed by atoms with Gasteiger partial charge in [-0.1, -0.05) is 29.0 Å². The van der Waals surface area contributed by atoms with Crippen molar-refractivity contribution >= 4 is 52.9 Å². The summed E-state index contributed by atoms with van der Waals surface area (Å²) in [6.45, 7) is -3.02. The van der Waals surface area contributed by atoms with E-state index in [0.29, 0.717) is 30.2 Å². The van der Waals surface area contributed by atoms with E-state index >= 15 is 0 Å². The van der Waals surface area contributed by atoms with Crippen molar-refractivity contribution in [3.05, 3.63) is 0 Å². The highest BCUT2D eigenvalue weighted by molar-refractivity contribution is 14.1. The number of carbonyl (C=O) groups is 2. The number of aliphatic hydroxyl groups excluding tert-OH is 1. The van der Waals surface area contributed by atoms with Gasteiger partial charge in [-0.2, -0.15) is 0 Å². The summed E-state index contributed by atoms with van der Waals surface area (Å²) in [7, 11) is 0. The van der Waals surface area contributed by atoms with E-state index in [1.807, 2.05) is 22.6 Å². The minimum atomic E-state index is -3.76. The van der Waals surface area contributed by atoms with E-state index in [4.69, 9.17) is 14.3 Å². The van der Waals surface area contributed by atoms with E-state index in [1.54, 1.807) is 0 Å². The molecule has 11 heteroatoms. The van der Waals surface area contributed by atoms with Gasteiger partial charge >= 0.3 is 6.72 Å². The molecule has 2 amide bonds. The Kier molecular flexibility index (Phi) is 10.2. The molecule has 0 aliphatic carbocycles. The van der Waals surface area contributed by atoms with Crippen molar-refractivity contribution in [1.82, 2.24) is 10.2 Å². The average Bonchev–Trinajstić information content (AvgIpc) is 2.88. The number of nitrogens with one attached hydrogen (secondary N) is 1. The van der Waals surface area contributed by atoms with Crippen LogP contribution in [0, 0.1) is 0 Å². The number of carbonyl (C=O) groups excluding carboxylic acids is 2. The lowest BCUT2D eigenvalue weighted by Gasteiger charge is -2.25. The lowest BCUT2D eigenvalue weighted by molar-refractivity contribution is -0.133. The highest BCUT2D eigenvalue weighted by Crippen LogP contribution is 2.37. The molecule has 0 saturated carbocycles. The van der Waals surface area contributed by atoms with E-state index in [9.17, 15) is 14.7 Å². The first-order valence-electron chi connectivity index (χ1n) is 7.73. The maximum atomic E-state index is 12.3. The van der Waals surface area contributed by atoms with Crippen molar-refractivity contribution in [3.63, 3.8) is 0 Å². The van der Waals surface area contributed by atoms with Crippen LogP contribution in [0.4, 0.5) is 0 Å². The van der Waals surface area contributed by atoms with Crippen molar-refractivity contribution in [1.29, 1.82) is 0 Å². The van der Waals surface area contributed by atoms with E-state index in [0.717, 1.165) is 12.8 Å². The zero-order chi connectivity index (χ0) is 18.2. The molecular formula is C13H24IN2O6PS. The van der Waals surface area contributed by atoms with Crippen LogP contribution in [0.25, 0.3) is 0 Å². The Morgan fingerprint density at radius 2 is 2.04 bits per heavy atom. The summed E-state index contributed by atoms with van der Waals surface area (Å²) in [6.07, 6.45) is 2.36. The molecule has 4 N–H and O–H groups in total. The summed E-state index contributed by atoms with van der Waals surface area (Å²) < 4.78 is 5.26. The number of β-amino-alcohol motifs (C(OH)–C–C–N with tert-alkyl or cyclic N) is 1. The normalized spacial score (nSPS) is 21.1. The van der Waals surface area contributed by atoms with Crippen LogP contribution in [-0.4, -0.2) is 67.9 Å². The highest BCUT2D eigenvalue weighted by atomic mass is 127. The van der Waals surface area contributed by atoms with Crippen molar-refractivity contribution in [2.24, 2.45) is 0 Å².